The number of amides is 1. The molecule has 3 aromatic rings. The summed E-state index contributed by atoms with van der Waals surface area (Å²) in [4.78, 5) is 28.4. The number of esters is 1. The third-order valence-electron chi connectivity index (χ3n) is 3.90. The van der Waals surface area contributed by atoms with Crippen molar-refractivity contribution in [2.75, 3.05) is 17.7 Å². The summed E-state index contributed by atoms with van der Waals surface area (Å²) in [6, 6.07) is 17.8. The van der Waals surface area contributed by atoms with E-state index in [9.17, 15) is 9.59 Å². The third-order valence-corrected chi connectivity index (χ3v) is 3.90. The summed E-state index contributed by atoms with van der Waals surface area (Å²) >= 11 is 0. The molecule has 2 N–H and O–H groups in total. The number of ether oxygens (including phenoxy) is 1. The first-order valence-electron chi connectivity index (χ1n) is 8.35. The molecule has 6 nitrogen and oxygen atoms in total. The lowest BCUT2D eigenvalue weighted by Crippen LogP contribution is -2.13. The number of hydrogen-bond acceptors (Lipinski definition) is 5. The highest BCUT2D eigenvalue weighted by Gasteiger charge is 2.11. The Bertz CT molecular complexity index is 968. The summed E-state index contributed by atoms with van der Waals surface area (Å²) in [7, 11) is 1.34. The standard InChI is InChI=1S/C21H19N3O3/c1-14-6-5-7-15(12-14)20(25)24-19-11-10-16(13-22-19)23-18-9-4-3-8-17(18)21(26)27-2/h3-13,23H,1-2H3,(H,22,24,25). The molecule has 2 aromatic carbocycles. The van der Waals surface area contributed by atoms with Gasteiger partial charge in [0.25, 0.3) is 5.91 Å². The highest BCUT2D eigenvalue weighted by atomic mass is 16.5. The van der Waals surface area contributed by atoms with E-state index in [0.717, 1.165) is 5.56 Å². The number of benzene rings is 2. The van der Waals surface area contributed by atoms with Crippen LogP contribution in [-0.4, -0.2) is 24.0 Å². The molecule has 0 aliphatic rings. The van der Waals surface area contributed by atoms with Crippen LogP contribution >= 0.6 is 0 Å². The first-order chi connectivity index (χ1) is 13.1. The van der Waals surface area contributed by atoms with Gasteiger partial charge in [-0.15, -0.1) is 0 Å². The van der Waals surface area contributed by atoms with Crippen LogP contribution in [0.25, 0.3) is 0 Å². The molecule has 1 amide bonds. The van der Waals surface area contributed by atoms with Gasteiger partial charge < -0.3 is 15.4 Å². The number of rotatable bonds is 5. The fourth-order valence-electron chi connectivity index (χ4n) is 2.55. The Hall–Kier alpha value is -3.67. The Kier molecular flexibility index (Phi) is 5.47. The predicted molar refractivity (Wildman–Crippen MR) is 104 cm³/mol. The van der Waals surface area contributed by atoms with Crippen LogP contribution in [0.3, 0.4) is 0 Å². The molecule has 136 valence electrons. The van der Waals surface area contributed by atoms with Crippen molar-refractivity contribution in [3.63, 3.8) is 0 Å². The number of para-hydroxylation sites is 1. The lowest BCUT2D eigenvalue weighted by atomic mass is 10.1. The second kappa shape index (κ2) is 8.14. The summed E-state index contributed by atoms with van der Waals surface area (Å²) in [5, 5.41) is 5.89. The smallest absolute Gasteiger partial charge is 0.339 e. The Balaban J connectivity index is 1.71. The van der Waals surface area contributed by atoms with Gasteiger partial charge in [0.15, 0.2) is 0 Å². The molecule has 0 unspecified atom stereocenters. The molecule has 0 radical (unpaired) electrons. The van der Waals surface area contributed by atoms with Crippen molar-refractivity contribution in [3.05, 3.63) is 83.6 Å². The normalized spacial score (nSPS) is 10.1. The quantitative estimate of drug-likeness (QED) is 0.667. The molecular formula is C21H19N3O3. The second-order valence-electron chi connectivity index (χ2n) is 5.92. The zero-order chi connectivity index (χ0) is 19.2. The van der Waals surface area contributed by atoms with Gasteiger partial charge in [-0.05, 0) is 43.3 Å². The average Bonchev–Trinajstić information content (AvgIpc) is 2.69. The minimum absolute atomic E-state index is 0.219. The minimum Gasteiger partial charge on any atom is -0.465 e. The van der Waals surface area contributed by atoms with Crippen LogP contribution in [0.1, 0.15) is 26.3 Å². The van der Waals surface area contributed by atoms with E-state index in [0.29, 0.717) is 28.3 Å². The van der Waals surface area contributed by atoms with Gasteiger partial charge in [0.2, 0.25) is 0 Å². The van der Waals surface area contributed by atoms with E-state index >= 15 is 0 Å². The molecule has 0 aliphatic heterocycles. The molecule has 0 bridgehead atoms. The van der Waals surface area contributed by atoms with Crippen molar-refractivity contribution in [2.45, 2.75) is 6.92 Å². The van der Waals surface area contributed by atoms with Gasteiger partial charge in [0, 0.05) is 5.56 Å². The number of nitrogens with zero attached hydrogens (tertiary/aromatic N) is 1. The summed E-state index contributed by atoms with van der Waals surface area (Å²) in [5.41, 5.74) is 3.31. The summed E-state index contributed by atoms with van der Waals surface area (Å²) in [6.45, 7) is 1.93. The van der Waals surface area contributed by atoms with Crippen molar-refractivity contribution >= 4 is 29.1 Å². The molecule has 0 spiro atoms. The fourth-order valence-corrected chi connectivity index (χ4v) is 2.55. The van der Waals surface area contributed by atoms with E-state index in [2.05, 4.69) is 15.6 Å². The maximum Gasteiger partial charge on any atom is 0.339 e. The summed E-state index contributed by atoms with van der Waals surface area (Å²) < 4.78 is 4.79. The van der Waals surface area contributed by atoms with Crippen molar-refractivity contribution in [1.82, 2.24) is 4.98 Å². The van der Waals surface area contributed by atoms with Gasteiger partial charge >= 0.3 is 5.97 Å². The largest absolute Gasteiger partial charge is 0.465 e. The number of carbonyl (C=O) groups excluding carboxylic acids is 2. The zero-order valence-electron chi connectivity index (χ0n) is 15.0. The van der Waals surface area contributed by atoms with Crippen molar-refractivity contribution < 1.29 is 14.3 Å². The molecule has 6 heteroatoms. The van der Waals surface area contributed by atoms with E-state index in [4.69, 9.17) is 4.74 Å². The monoisotopic (exact) mass is 361 g/mol. The number of aryl methyl sites for hydroxylation is 1. The molecule has 1 heterocycles. The van der Waals surface area contributed by atoms with Crippen molar-refractivity contribution in [3.8, 4) is 0 Å². The first-order valence-corrected chi connectivity index (χ1v) is 8.35. The number of aromatic nitrogens is 1. The highest BCUT2D eigenvalue weighted by molar-refractivity contribution is 6.04. The van der Waals surface area contributed by atoms with Gasteiger partial charge in [-0.3, -0.25) is 4.79 Å². The van der Waals surface area contributed by atoms with Crippen LogP contribution < -0.4 is 10.6 Å². The van der Waals surface area contributed by atoms with Gasteiger partial charge in [-0.1, -0.05) is 29.8 Å². The first kappa shape index (κ1) is 18.1. The highest BCUT2D eigenvalue weighted by Crippen LogP contribution is 2.22. The second-order valence-corrected chi connectivity index (χ2v) is 5.92. The van der Waals surface area contributed by atoms with Crippen molar-refractivity contribution in [1.29, 1.82) is 0 Å². The number of nitrogens with one attached hydrogen (secondary N) is 2. The van der Waals surface area contributed by atoms with Crippen LogP contribution in [0, 0.1) is 6.92 Å². The van der Waals surface area contributed by atoms with Gasteiger partial charge in [0.1, 0.15) is 5.82 Å². The molecule has 0 saturated heterocycles. The lowest BCUT2D eigenvalue weighted by molar-refractivity contribution is 0.0601. The molecule has 0 atom stereocenters. The Morgan fingerprint density at radius 2 is 1.81 bits per heavy atom. The molecule has 0 fully saturated rings. The lowest BCUT2D eigenvalue weighted by Gasteiger charge is -2.11. The summed E-state index contributed by atoms with van der Waals surface area (Å²) in [5.74, 6) is -0.204. The van der Waals surface area contributed by atoms with E-state index in [1.54, 1.807) is 42.6 Å². The van der Waals surface area contributed by atoms with Crippen LogP contribution in [0.4, 0.5) is 17.2 Å². The Labute approximate surface area is 157 Å². The maximum absolute atomic E-state index is 12.3. The van der Waals surface area contributed by atoms with E-state index in [1.165, 1.54) is 7.11 Å². The number of carbonyl (C=O) groups is 2. The molecule has 1 aromatic heterocycles. The van der Waals surface area contributed by atoms with Crippen LogP contribution in [-0.2, 0) is 4.74 Å². The SMILES string of the molecule is COC(=O)c1ccccc1Nc1ccc(NC(=O)c2cccc(C)c2)nc1. The number of methoxy groups -OCH3 is 1. The number of hydrogen-bond donors (Lipinski definition) is 2. The van der Waals surface area contributed by atoms with E-state index in [-0.39, 0.29) is 5.91 Å². The zero-order valence-corrected chi connectivity index (χ0v) is 15.0. The van der Waals surface area contributed by atoms with E-state index in [1.807, 2.05) is 31.2 Å². The number of anilines is 3. The minimum atomic E-state index is -0.423. The van der Waals surface area contributed by atoms with Crippen LogP contribution in [0.15, 0.2) is 66.9 Å². The summed E-state index contributed by atoms with van der Waals surface area (Å²) in [6.07, 6.45) is 1.58. The molecule has 3 rings (SSSR count). The Morgan fingerprint density at radius 3 is 2.52 bits per heavy atom. The van der Waals surface area contributed by atoms with Crippen molar-refractivity contribution in [2.24, 2.45) is 0 Å². The van der Waals surface area contributed by atoms with E-state index < -0.39 is 5.97 Å². The van der Waals surface area contributed by atoms with Gasteiger partial charge in [-0.25, -0.2) is 9.78 Å². The predicted octanol–water partition coefficient (Wildman–Crippen LogP) is 4.17. The molecule has 0 aliphatic carbocycles. The molecule has 27 heavy (non-hydrogen) atoms. The fraction of sp³-hybridized carbons (Fsp3) is 0.0952. The topological polar surface area (TPSA) is 80.3 Å². The Morgan fingerprint density at radius 1 is 1.00 bits per heavy atom. The maximum atomic E-state index is 12.3. The van der Waals surface area contributed by atoms with Crippen LogP contribution in [0.2, 0.25) is 0 Å². The van der Waals surface area contributed by atoms with Gasteiger partial charge in [0.05, 0.1) is 30.2 Å². The molecule has 0 saturated carbocycles. The molecular weight excluding hydrogens is 342 g/mol. The number of pyridine rings is 1. The third kappa shape index (κ3) is 4.49. The van der Waals surface area contributed by atoms with Crippen LogP contribution in [0.5, 0.6) is 0 Å². The average molecular weight is 361 g/mol. The van der Waals surface area contributed by atoms with Gasteiger partial charge in [-0.2, -0.15) is 0 Å².